The minimum atomic E-state index is 0.0274. The molecule has 2 fully saturated rings. The van der Waals surface area contributed by atoms with Gasteiger partial charge in [-0.2, -0.15) is 0 Å². The molecular weight excluding hydrogens is 366 g/mol. The Kier molecular flexibility index (Phi) is 4.56. The molecule has 0 radical (unpaired) electrons. The largest absolute Gasteiger partial charge is 0.352 e. The lowest BCUT2D eigenvalue weighted by molar-refractivity contribution is 0.239. The number of pyridine rings is 2. The third-order valence-corrected chi connectivity index (χ3v) is 6.19. The van der Waals surface area contributed by atoms with E-state index in [9.17, 15) is 0 Å². The van der Waals surface area contributed by atoms with Crippen LogP contribution in [0.4, 0.5) is 0 Å². The molecule has 0 aromatic carbocycles. The van der Waals surface area contributed by atoms with Crippen molar-refractivity contribution in [3.63, 3.8) is 0 Å². The Hall–Kier alpha value is -2.73. The lowest BCUT2D eigenvalue weighted by Gasteiger charge is -2.33. The van der Waals surface area contributed by atoms with E-state index >= 15 is 0 Å². The summed E-state index contributed by atoms with van der Waals surface area (Å²) in [5.74, 6) is 0. The van der Waals surface area contributed by atoms with Gasteiger partial charge in [0.25, 0.3) is 0 Å². The topological polar surface area (TPSA) is 46.0 Å². The van der Waals surface area contributed by atoms with Crippen LogP contribution in [0, 0.1) is 0 Å². The lowest BCUT2D eigenvalue weighted by atomic mass is 9.99. The number of hydrogen-bond acceptors (Lipinski definition) is 3. The molecule has 5 nitrogen and oxygen atoms in total. The molecule has 3 aromatic heterocycles. The zero-order chi connectivity index (χ0) is 18.9. The number of aromatic nitrogens is 3. The summed E-state index contributed by atoms with van der Waals surface area (Å²) in [6, 6.07) is 15.1. The van der Waals surface area contributed by atoms with Crippen molar-refractivity contribution in [2.24, 2.45) is 0 Å². The summed E-state index contributed by atoms with van der Waals surface area (Å²) >= 11 is 5.83. The van der Waals surface area contributed by atoms with Crippen LogP contribution in [0.15, 0.2) is 67.3 Å². The van der Waals surface area contributed by atoms with Crippen LogP contribution in [-0.4, -0.2) is 30.6 Å². The molecule has 0 spiro atoms. The number of nitrogens with one attached hydrogen (secondary N) is 1. The molecule has 6 heteroatoms. The molecular formula is C22H23N5S. The second-order valence-corrected chi connectivity index (χ2v) is 7.87. The Morgan fingerprint density at radius 2 is 1.89 bits per heavy atom. The van der Waals surface area contributed by atoms with E-state index in [0.29, 0.717) is 6.04 Å². The second-order valence-electron chi connectivity index (χ2n) is 7.49. The summed E-state index contributed by atoms with van der Waals surface area (Å²) in [5.41, 5.74) is 3.30. The Morgan fingerprint density at radius 1 is 1.00 bits per heavy atom. The zero-order valence-corrected chi connectivity index (χ0v) is 16.4. The van der Waals surface area contributed by atoms with Gasteiger partial charge in [0.1, 0.15) is 0 Å². The molecule has 0 bridgehead atoms. The van der Waals surface area contributed by atoms with Crippen molar-refractivity contribution >= 4 is 17.3 Å². The van der Waals surface area contributed by atoms with Crippen molar-refractivity contribution in [2.75, 3.05) is 0 Å². The summed E-state index contributed by atoms with van der Waals surface area (Å²) in [4.78, 5) is 11.4. The van der Waals surface area contributed by atoms with E-state index < -0.39 is 0 Å². The fraction of sp³-hybridized carbons (Fsp3) is 0.318. The van der Waals surface area contributed by atoms with Crippen LogP contribution in [0.1, 0.15) is 49.2 Å². The van der Waals surface area contributed by atoms with Crippen molar-refractivity contribution in [3.05, 3.63) is 78.6 Å². The number of rotatable bonds is 4. The maximum absolute atomic E-state index is 5.83. The molecule has 1 N–H and O–H groups in total. The summed E-state index contributed by atoms with van der Waals surface area (Å²) in [7, 11) is 0. The van der Waals surface area contributed by atoms with Crippen molar-refractivity contribution in [1.29, 1.82) is 0 Å². The highest BCUT2D eigenvalue weighted by atomic mass is 32.1. The number of thiocarbonyl (C=S) groups is 1. The summed E-state index contributed by atoms with van der Waals surface area (Å²) in [5, 5.41) is 4.42. The van der Waals surface area contributed by atoms with Gasteiger partial charge >= 0.3 is 0 Å². The highest BCUT2D eigenvalue weighted by Crippen LogP contribution is 2.43. The first-order valence-corrected chi connectivity index (χ1v) is 10.3. The molecule has 1 saturated heterocycles. The molecule has 3 aromatic rings. The van der Waals surface area contributed by atoms with E-state index in [0.717, 1.165) is 16.5 Å². The Balaban J connectivity index is 1.62. The van der Waals surface area contributed by atoms with Crippen LogP contribution in [-0.2, 0) is 0 Å². The van der Waals surface area contributed by atoms with Gasteiger partial charge in [0.2, 0.25) is 0 Å². The van der Waals surface area contributed by atoms with E-state index in [2.05, 4.69) is 55.2 Å². The number of nitrogens with zero attached hydrogens (tertiary/aromatic N) is 4. The highest BCUT2D eigenvalue weighted by molar-refractivity contribution is 7.80. The fourth-order valence-corrected chi connectivity index (χ4v) is 5.01. The maximum Gasteiger partial charge on any atom is 0.170 e. The lowest BCUT2D eigenvalue weighted by Crippen LogP contribution is -2.38. The van der Waals surface area contributed by atoms with Gasteiger partial charge in [0, 0.05) is 30.3 Å². The minimum Gasteiger partial charge on any atom is -0.352 e. The van der Waals surface area contributed by atoms with Gasteiger partial charge in [-0.3, -0.25) is 9.97 Å². The van der Waals surface area contributed by atoms with Gasteiger partial charge in [-0.15, -0.1) is 0 Å². The third kappa shape index (κ3) is 2.98. The average Bonchev–Trinajstić information content (AvgIpc) is 3.48. The van der Waals surface area contributed by atoms with Crippen LogP contribution in [0.3, 0.4) is 0 Å². The van der Waals surface area contributed by atoms with Crippen molar-refractivity contribution in [3.8, 4) is 5.69 Å². The van der Waals surface area contributed by atoms with Gasteiger partial charge in [0.15, 0.2) is 5.11 Å². The van der Waals surface area contributed by atoms with E-state index in [4.69, 9.17) is 12.2 Å². The van der Waals surface area contributed by atoms with E-state index in [1.54, 1.807) is 6.20 Å². The minimum absolute atomic E-state index is 0.0274. The normalized spacial score (nSPS) is 22.6. The van der Waals surface area contributed by atoms with Crippen molar-refractivity contribution in [1.82, 2.24) is 24.8 Å². The van der Waals surface area contributed by atoms with Crippen molar-refractivity contribution in [2.45, 2.75) is 43.8 Å². The molecule has 142 valence electrons. The quantitative estimate of drug-likeness (QED) is 0.678. The molecule has 1 saturated carbocycles. The first-order valence-electron chi connectivity index (χ1n) is 9.90. The van der Waals surface area contributed by atoms with Crippen LogP contribution < -0.4 is 5.32 Å². The standard InChI is InChI=1S/C22H23N5S/c28-22-25-20(18-10-3-4-13-24-18)21(27(22)16-7-1-2-8-16)19-11-6-14-26(19)17-9-5-12-23-15-17/h3-6,9-16,20-21H,1-2,7-8H2,(H,25,28)/t20-,21+/m1/s1. The fourth-order valence-electron chi connectivity index (χ4n) is 4.62. The van der Waals surface area contributed by atoms with Crippen LogP contribution in [0.2, 0.25) is 0 Å². The van der Waals surface area contributed by atoms with Gasteiger partial charge < -0.3 is 14.8 Å². The summed E-state index contributed by atoms with van der Waals surface area (Å²) in [6.07, 6.45) is 12.6. The Morgan fingerprint density at radius 3 is 2.64 bits per heavy atom. The van der Waals surface area contributed by atoms with E-state index in [-0.39, 0.29) is 12.1 Å². The van der Waals surface area contributed by atoms with E-state index in [1.165, 1.54) is 31.4 Å². The molecule has 2 aliphatic rings. The van der Waals surface area contributed by atoms with Gasteiger partial charge in [-0.05, 0) is 61.5 Å². The monoisotopic (exact) mass is 389 g/mol. The molecule has 2 atom stereocenters. The molecule has 0 unspecified atom stereocenters. The van der Waals surface area contributed by atoms with Crippen LogP contribution in [0.25, 0.3) is 5.69 Å². The highest BCUT2D eigenvalue weighted by Gasteiger charge is 2.44. The Bertz CT molecular complexity index is 949. The van der Waals surface area contributed by atoms with Gasteiger partial charge in [0.05, 0.1) is 29.7 Å². The van der Waals surface area contributed by atoms with Crippen molar-refractivity contribution < 1.29 is 0 Å². The predicted molar refractivity (Wildman–Crippen MR) is 113 cm³/mol. The zero-order valence-electron chi connectivity index (χ0n) is 15.6. The van der Waals surface area contributed by atoms with E-state index in [1.807, 2.05) is 30.6 Å². The second kappa shape index (κ2) is 7.36. The SMILES string of the molecule is S=C1N[C@H](c2ccccn2)[C@H](c2cccn2-c2cccnc2)N1C1CCCC1. The third-order valence-electron chi connectivity index (χ3n) is 5.86. The van der Waals surface area contributed by atoms with Crippen LogP contribution in [0.5, 0.6) is 0 Å². The molecule has 0 amide bonds. The van der Waals surface area contributed by atoms with Crippen LogP contribution >= 0.6 is 12.2 Å². The molecule has 5 rings (SSSR count). The smallest absolute Gasteiger partial charge is 0.170 e. The predicted octanol–water partition coefficient (Wildman–Crippen LogP) is 4.18. The molecule has 1 aliphatic carbocycles. The summed E-state index contributed by atoms with van der Waals surface area (Å²) < 4.78 is 2.23. The molecule has 1 aliphatic heterocycles. The summed E-state index contributed by atoms with van der Waals surface area (Å²) in [6.45, 7) is 0. The van der Waals surface area contributed by atoms with Gasteiger partial charge in [-0.1, -0.05) is 18.9 Å². The number of hydrogen-bond donors (Lipinski definition) is 1. The Labute approximate surface area is 170 Å². The first-order chi connectivity index (χ1) is 13.8. The molecule has 4 heterocycles. The molecule has 28 heavy (non-hydrogen) atoms. The maximum atomic E-state index is 5.83. The average molecular weight is 390 g/mol. The van der Waals surface area contributed by atoms with Gasteiger partial charge in [-0.25, -0.2) is 0 Å². The first kappa shape index (κ1) is 17.4.